The molecule has 0 aliphatic heterocycles. The first kappa shape index (κ1) is 37.3. The van der Waals surface area contributed by atoms with Crippen molar-refractivity contribution in [1.29, 1.82) is 0 Å². The van der Waals surface area contributed by atoms with Crippen molar-refractivity contribution in [2.75, 3.05) is 48.4 Å². The number of unbranched alkanes of at least 4 members (excludes halogenated alkanes) is 1. The fraction of sp³-hybridized carbons (Fsp3) is 0.500. The lowest BCUT2D eigenvalue weighted by Crippen LogP contribution is -2.34. The van der Waals surface area contributed by atoms with E-state index in [1.54, 1.807) is 77.9 Å². The highest BCUT2D eigenvalue weighted by Gasteiger charge is 2.17. The third-order valence-electron chi connectivity index (χ3n) is 5.67. The van der Waals surface area contributed by atoms with Gasteiger partial charge in [-0.05, 0) is 78.6 Å². The number of hydrogen-bond donors (Lipinski definition) is 6. The number of carbonyl (C=O) groups excluding carboxylic acids is 4. The van der Waals surface area contributed by atoms with E-state index in [4.69, 9.17) is 30.4 Å². The summed E-state index contributed by atoms with van der Waals surface area (Å²) in [7, 11) is 0. The van der Waals surface area contributed by atoms with Crippen LogP contribution in [0.3, 0.4) is 0 Å². The predicted molar refractivity (Wildman–Crippen MR) is 177 cm³/mol. The molecule has 0 heterocycles. The maximum absolute atomic E-state index is 12.6. The number of carbonyl (C=O) groups is 4. The van der Waals surface area contributed by atoms with Gasteiger partial charge in [-0.25, -0.2) is 9.59 Å². The van der Waals surface area contributed by atoms with E-state index in [-0.39, 0.29) is 51.0 Å². The lowest BCUT2D eigenvalue weighted by Gasteiger charge is -2.20. The van der Waals surface area contributed by atoms with Crippen molar-refractivity contribution in [2.24, 2.45) is 0 Å². The van der Waals surface area contributed by atoms with E-state index in [1.807, 2.05) is 0 Å². The molecule has 0 bridgehead atoms. The Morgan fingerprint density at radius 2 is 1.00 bits per heavy atom. The summed E-state index contributed by atoms with van der Waals surface area (Å²) in [5, 5.41) is 10.8. The molecule has 0 fully saturated rings. The van der Waals surface area contributed by atoms with Crippen LogP contribution in [0.4, 0.5) is 32.3 Å². The largest absolute Gasteiger partial charge is 0.489 e. The molecule has 254 valence electrons. The van der Waals surface area contributed by atoms with Gasteiger partial charge < -0.3 is 51.7 Å². The number of nitrogens with one attached hydrogen (secondary N) is 4. The smallest absolute Gasteiger partial charge is 0.407 e. The summed E-state index contributed by atoms with van der Waals surface area (Å²) in [5.74, 6) is 0.217. The SMILES string of the molecule is CC(C)(C)OC(=O)NCCOc1cc(N)ccc1NC(=O)CCCCC(=O)Nc1ccc(N)cc1OCCNC(=O)OC(C)(C)C. The van der Waals surface area contributed by atoms with Gasteiger partial charge in [0, 0.05) is 36.3 Å². The van der Waals surface area contributed by atoms with Crippen LogP contribution in [0, 0.1) is 0 Å². The summed E-state index contributed by atoms with van der Waals surface area (Å²) in [6.45, 7) is 11.3. The third-order valence-corrected chi connectivity index (χ3v) is 5.67. The van der Waals surface area contributed by atoms with Gasteiger partial charge in [-0.2, -0.15) is 0 Å². The number of alkyl carbamates (subject to hydrolysis) is 2. The first-order valence-corrected chi connectivity index (χ1v) is 15.1. The summed E-state index contributed by atoms with van der Waals surface area (Å²) < 4.78 is 21.8. The first-order chi connectivity index (χ1) is 21.5. The van der Waals surface area contributed by atoms with Gasteiger partial charge >= 0.3 is 12.2 Å². The van der Waals surface area contributed by atoms with Crippen LogP contribution in [0.15, 0.2) is 36.4 Å². The number of benzene rings is 2. The normalized spacial score (nSPS) is 11.2. The van der Waals surface area contributed by atoms with Crippen LogP contribution >= 0.6 is 0 Å². The molecule has 2 aromatic carbocycles. The number of amides is 4. The first-order valence-electron chi connectivity index (χ1n) is 15.1. The Balaban J connectivity index is 1.76. The van der Waals surface area contributed by atoms with Crippen molar-refractivity contribution in [1.82, 2.24) is 10.6 Å². The molecule has 0 aromatic heterocycles. The minimum Gasteiger partial charge on any atom is -0.489 e. The molecular formula is C32H48N6O8. The average Bonchev–Trinajstić information content (AvgIpc) is 2.92. The van der Waals surface area contributed by atoms with E-state index in [2.05, 4.69) is 21.3 Å². The Morgan fingerprint density at radius 1 is 0.630 bits per heavy atom. The van der Waals surface area contributed by atoms with Gasteiger partial charge in [0.15, 0.2) is 0 Å². The van der Waals surface area contributed by atoms with E-state index < -0.39 is 23.4 Å². The minimum atomic E-state index is -0.611. The maximum Gasteiger partial charge on any atom is 0.407 e. The van der Waals surface area contributed by atoms with Gasteiger partial charge in [0.1, 0.15) is 35.9 Å². The number of nitrogen functional groups attached to an aromatic ring is 2. The molecule has 0 spiro atoms. The van der Waals surface area contributed by atoms with Crippen LogP contribution in [0.25, 0.3) is 0 Å². The van der Waals surface area contributed by atoms with Gasteiger partial charge in [-0.1, -0.05) is 0 Å². The highest BCUT2D eigenvalue weighted by molar-refractivity contribution is 5.93. The molecule has 0 aliphatic rings. The molecule has 0 radical (unpaired) electrons. The Kier molecular flexibility index (Phi) is 14.2. The number of rotatable bonds is 15. The zero-order valence-electron chi connectivity index (χ0n) is 27.5. The molecule has 2 aromatic rings. The number of ether oxygens (including phenoxy) is 4. The standard InChI is InChI=1S/C32H48N6O8/c1-31(2,3)45-29(41)35-15-17-43-25-19-21(33)11-13-23(25)37-27(39)9-7-8-10-28(40)38-24-14-12-22(34)20-26(24)44-18-16-36-30(42)46-32(4,5)6/h11-14,19-20H,7-10,15-18,33-34H2,1-6H3,(H,35,41)(H,36,42)(H,37,39)(H,38,40). The highest BCUT2D eigenvalue weighted by atomic mass is 16.6. The second-order valence-electron chi connectivity index (χ2n) is 12.4. The second kappa shape index (κ2) is 17.6. The fourth-order valence-electron chi connectivity index (χ4n) is 3.78. The van der Waals surface area contributed by atoms with Crippen LogP contribution in [0.1, 0.15) is 67.2 Å². The Hall–Kier alpha value is -4.88. The lowest BCUT2D eigenvalue weighted by atomic mass is 10.1. The summed E-state index contributed by atoms with van der Waals surface area (Å²) >= 11 is 0. The molecule has 0 saturated heterocycles. The van der Waals surface area contributed by atoms with Crippen molar-refractivity contribution in [3.8, 4) is 11.5 Å². The zero-order valence-corrected chi connectivity index (χ0v) is 27.5. The molecule has 4 amide bonds. The van der Waals surface area contributed by atoms with E-state index in [9.17, 15) is 19.2 Å². The maximum atomic E-state index is 12.6. The van der Waals surface area contributed by atoms with Crippen LogP contribution in [0.5, 0.6) is 11.5 Å². The predicted octanol–water partition coefficient (Wildman–Crippen LogP) is 4.80. The molecule has 14 heteroatoms. The molecule has 0 atom stereocenters. The minimum absolute atomic E-state index is 0.129. The van der Waals surface area contributed by atoms with E-state index in [0.29, 0.717) is 47.1 Å². The summed E-state index contributed by atoms with van der Waals surface area (Å²) in [6, 6.07) is 9.71. The molecule has 0 saturated carbocycles. The van der Waals surface area contributed by atoms with Crippen molar-refractivity contribution in [3.05, 3.63) is 36.4 Å². The van der Waals surface area contributed by atoms with E-state index >= 15 is 0 Å². The second-order valence-corrected chi connectivity index (χ2v) is 12.4. The van der Waals surface area contributed by atoms with Crippen molar-refractivity contribution >= 4 is 46.8 Å². The van der Waals surface area contributed by atoms with Crippen LogP contribution in [-0.2, 0) is 19.1 Å². The van der Waals surface area contributed by atoms with Gasteiger partial charge in [-0.15, -0.1) is 0 Å². The van der Waals surface area contributed by atoms with Crippen molar-refractivity contribution in [2.45, 2.75) is 78.4 Å². The Labute approximate surface area is 270 Å². The van der Waals surface area contributed by atoms with Gasteiger partial charge in [0.05, 0.1) is 24.5 Å². The van der Waals surface area contributed by atoms with Crippen LogP contribution in [-0.4, -0.2) is 61.5 Å². The van der Waals surface area contributed by atoms with Gasteiger partial charge in [0.25, 0.3) is 0 Å². The van der Waals surface area contributed by atoms with Crippen LogP contribution < -0.4 is 42.2 Å². The lowest BCUT2D eigenvalue weighted by molar-refractivity contribution is -0.118. The molecule has 8 N–H and O–H groups in total. The van der Waals surface area contributed by atoms with Crippen molar-refractivity contribution in [3.63, 3.8) is 0 Å². The Morgan fingerprint density at radius 3 is 1.35 bits per heavy atom. The quantitative estimate of drug-likeness (QED) is 0.115. The van der Waals surface area contributed by atoms with E-state index in [1.165, 1.54) is 0 Å². The molecule has 0 unspecified atom stereocenters. The van der Waals surface area contributed by atoms with Gasteiger partial charge in [-0.3, -0.25) is 9.59 Å². The molecule has 14 nitrogen and oxygen atoms in total. The van der Waals surface area contributed by atoms with Crippen molar-refractivity contribution < 1.29 is 38.1 Å². The summed E-state index contributed by atoms with van der Waals surface area (Å²) in [5.41, 5.74) is 12.3. The van der Waals surface area contributed by atoms with Gasteiger partial charge in [0.2, 0.25) is 11.8 Å². The van der Waals surface area contributed by atoms with E-state index in [0.717, 1.165) is 0 Å². The number of anilines is 4. The number of hydrogen-bond acceptors (Lipinski definition) is 10. The molecular weight excluding hydrogens is 596 g/mol. The zero-order chi connectivity index (χ0) is 34.3. The highest BCUT2D eigenvalue weighted by Crippen LogP contribution is 2.28. The monoisotopic (exact) mass is 644 g/mol. The summed E-state index contributed by atoms with van der Waals surface area (Å²) in [4.78, 5) is 48.8. The van der Waals surface area contributed by atoms with Crippen LogP contribution in [0.2, 0.25) is 0 Å². The molecule has 0 aliphatic carbocycles. The molecule has 2 rings (SSSR count). The summed E-state index contributed by atoms with van der Waals surface area (Å²) in [6.07, 6.45) is 0.170. The molecule has 46 heavy (non-hydrogen) atoms. The third kappa shape index (κ3) is 15.7. The fourth-order valence-corrected chi connectivity index (χ4v) is 3.78. The average molecular weight is 645 g/mol. The topological polar surface area (TPSA) is 205 Å². The number of nitrogens with two attached hydrogens (primary N) is 2. The Bertz CT molecular complexity index is 1240.